The van der Waals surface area contributed by atoms with Gasteiger partial charge >= 0.3 is 0 Å². The van der Waals surface area contributed by atoms with Crippen LogP contribution in [0.2, 0.25) is 0 Å². The van der Waals surface area contributed by atoms with Gasteiger partial charge in [0.1, 0.15) is 0 Å². The van der Waals surface area contributed by atoms with E-state index in [2.05, 4.69) is 70.5 Å². The van der Waals surface area contributed by atoms with Crippen molar-refractivity contribution in [1.29, 1.82) is 0 Å². The molecule has 3 fully saturated rings. The van der Waals surface area contributed by atoms with Crippen LogP contribution in [0.1, 0.15) is 99.8 Å². The Kier molecular flexibility index (Phi) is 22.2. The minimum atomic E-state index is 0. The summed E-state index contributed by atoms with van der Waals surface area (Å²) in [6, 6.07) is 0. The van der Waals surface area contributed by atoms with Crippen molar-refractivity contribution in [3.63, 3.8) is 0 Å². The van der Waals surface area contributed by atoms with Crippen LogP contribution in [0.25, 0.3) is 0 Å². The van der Waals surface area contributed by atoms with E-state index in [-0.39, 0.29) is 7.43 Å². The molecule has 0 saturated carbocycles. The summed E-state index contributed by atoms with van der Waals surface area (Å²) in [6.45, 7) is 19.1. The van der Waals surface area contributed by atoms with Crippen molar-refractivity contribution in [2.24, 2.45) is 17.8 Å². The molecule has 0 amide bonds. The fourth-order valence-corrected chi connectivity index (χ4v) is 4.44. The van der Waals surface area contributed by atoms with Crippen molar-refractivity contribution in [2.45, 2.75) is 99.8 Å². The van der Waals surface area contributed by atoms with Gasteiger partial charge in [0.2, 0.25) is 0 Å². The lowest BCUT2D eigenvalue weighted by Crippen LogP contribution is -2.31. The first kappa shape index (κ1) is 32.1. The lowest BCUT2D eigenvalue weighted by atomic mass is 9.95. The number of likely N-dealkylation sites (tertiary alicyclic amines) is 3. The van der Waals surface area contributed by atoms with Gasteiger partial charge in [0.15, 0.2) is 0 Å². The topological polar surface area (TPSA) is 9.72 Å². The zero-order chi connectivity index (χ0) is 22.1. The molecule has 0 radical (unpaired) electrons. The maximum absolute atomic E-state index is 2.44. The molecule has 3 nitrogen and oxygen atoms in total. The zero-order valence-electron chi connectivity index (χ0n) is 21.7. The third kappa shape index (κ3) is 16.6. The minimum absolute atomic E-state index is 0. The maximum Gasteiger partial charge on any atom is 0.000698 e. The van der Waals surface area contributed by atoms with Crippen molar-refractivity contribution in [1.82, 2.24) is 14.7 Å². The maximum atomic E-state index is 2.44. The molecule has 2 unspecified atom stereocenters. The normalized spacial score (nSPS) is 25.6. The number of nitrogens with zero attached hydrogens (tertiary/aromatic N) is 3. The van der Waals surface area contributed by atoms with E-state index in [9.17, 15) is 0 Å². The number of piperidine rings is 2. The summed E-state index contributed by atoms with van der Waals surface area (Å²) in [4.78, 5) is 7.28. The molecule has 0 aromatic carbocycles. The Morgan fingerprint density at radius 1 is 0.533 bits per heavy atom. The summed E-state index contributed by atoms with van der Waals surface area (Å²) in [7, 11) is 6.64. The van der Waals surface area contributed by atoms with Crippen LogP contribution in [0.5, 0.6) is 0 Å². The molecule has 30 heavy (non-hydrogen) atoms. The Balaban J connectivity index is 0. The van der Waals surface area contributed by atoms with E-state index in [1.807, 2.05) is 0 Å². The number of hydrogen-bond donors (Lipinski definition) is 0. The van der Waals surface area contributed by atoms with Crippen molar-refractivity contribution in [3.05, 3.63) is 0 Å². The molecule has 3 heterocycles. The van der Waals surface area contributed by atoms with Gasteiger partial charge in [0.05, 0.1) is 0 Å². The van der Waals surface area contributed by atoms with Gasteiger partial charge in [0.25, 0.3) is 0 Å². The Morgan fingerprint density at radius 2 is 0.900 bits per heavy atom. The quantitative estimate of drug-likeness (QED) is 0.486. The highest BCUT2D eigenvalue weighted by atomic mass is 15.1. The molecule has 0 aliphatic carbocycles. The molecule has 0 bridgehead atoms. The summed E-state index contributed by atoms with van der Waals surface area (Å²) in [5, 5.41) is 0. The summed E-state index contributed by atoms with van der Waals surface area (Å²) in [6.07, 6.45) is 12.5. The first-order chi connectivity index (χ1) is 13.9. The Labute approximate surface area is 193 Å². The fourth-order valence-electron chi connectivity index (χ4n) is 4.44. The SMILES string of the molecule is C.CCC.CCC1CCCN(C)C1.CCC1CCN(C)C1.CCC1CCN(C)CC1. The molecular formula is C27H61N3. The fraction of sp³-hybridized carbons (Fsp3) is 1.00. The third-order valence-electron chi connectivity index (χ3n) is 6.78. The van der Waals surface area contributed by atoms with Crippen LogP contribution >= 0.6 is 0 Å². The lowest BCUT2D eigenvalue weighted by molar-refractivity contribution is 0.206. The van der Waals surface area contributed by atoms with Gasteiger partial charge in [-0.3, -0.25) is 0 Å². The third-order valence-corrected chi connectivity index (χ3v) is 6.78. The zero-order valence-corrected chi connectivity index (χ0v) is 21.7. The van der Waals surface area contributed by atoms with Crippen LogP contribution in [0.4, 0.5) is 0 Å². The van der Waals surface area contributed by atoms with E-state index in [1.165, 1.54) is 97.1 Å². The first-order valence-electron chi connectivity index (χ1n) is 12.9. The van der Waals surface area contributed by atoms with Gasteiger partial charge in [-0.2, -0.15) is 0 Å². The molecule has 3 rings (SSSR count). The average Bonchev–Trinajstić information content (AvgIpc) is 3.16. The molecule has 3 aliphatic heterocycles. The Bertz CT molecular complexity index is 339. The van der Waals surface area contributed by atoms with Gasteiger partial charge in [0, 0.05) is 13.1 Å². The summed E-state index contributed by atoms with van der Waals surface area (Å²) in [5.41, 5.74) is 0. The Morgan fingerprint density at radius 3 is 1.23 bits per heavy atom. The van der Waals surface area contributed by atoms with Crippen molar-refractivity contribution in [2.75, 3.05) is 60.4 Å². The molecular weight excluding hydrogens is 366 g/mol. The van der Waals surface area contributed by atoms with Gasteiger partial charge in [-0.15, -0.1) is 0 Å². The highest BCUT2D eigenvalue weighted by Gasteiger charge is 2.16. The average molecular weight is 428 g/mol. The van der Waals surface area contributed by atoms with E-state index in [1.54, 1.807) is 0 Å². The molecule has 3 aliphatic rings. The summed E-state index contributed by atoms with van der Waals surface area (Å²) >= 11 is 0. The van der Waals surface area contributed by atoms with Gasteiger partial charge in [-0.05, 0) is 97.2 Å². The molecule has 3 heteroatoms. The second-order valence-corrected chi connectivity index (χ2v) is 9.87. The van der Waals surface area contributed by atoms with E-state index < -0.39 is 0 Å². The highest BCUT2D eigenvalue weighted by molar-refractivity contribution is 4.71. The molecule has 3 saturated heterocycles. The minimum Gasteiger partial charge on any atom is -0.306 e. The van der Waals surface area contributed by atoms with Crippen LogP contribution in [-0.2, 0) is 0 Å². The molecule has 0 aromatic heterocycles. The summed E-state index contributed by atoms with van der Waals surface area (Å²) in [5.74, 6) is 3.02. The molecule has 0 spiro atoms. The van der Waals surface area contributed by atoms with Crippen molar-refractivity contribution in [3.8, 4) is 0 Å². The highest BCUT2D eigenvalue weighted by Crippen LogP contribution is 2.18. The van der Waals surface area contributed by atoms with Crippen molar-refractivity contribution >= 4 is 0 Å². The van der Waals surface area contributed by atoms with Crippen LogP contribution in [0, 0.1) is 17.8 Å². The lowest BCUT2D eigenvalue weighted by Gasteiger charge is -2.28. The van der Waals surface area contributed by atoms with Gasteiger partial charge in [-0.25, -0.2) is 0 Å². The van der Waals surface area contributed by atoms with Crippen LogP contribution in [0.15, 0.2) is 0 Å². The van der Waals surface area contributed by atoms with Crippen LogP contribution < -0.4 is 0 Å². The monoisotopic (exact) mass is 427 g/mol. The van der Waals surface area contributed by atoms with E-state index in [0.29, 0.717) is 0 Å². The smallest absolute Gasteiger partial charge is 0.000698 e. The molecule has 2 atom stereocenters. The molecule has 0 aromatic rings. The Hall–Kier alpha value is -0.120. The standard InChI is InChI=1S/2C8H17N.C7H15N.C3H8.CH4/c1-3-8-4-6-9(2)7-5-8;1-3-8-5-4-6-9(2)7-8;1-3-7-4-5-8(2)6-7;1-3-2;/h2*8H,3-7H2,1-2H3;7H,3-6H2,1-2H3;3H2,1-2H3;1H4. The van der Waals surface area contributed by atoms with Crippen LogP contribution in [-0.4, -0.2) is 75.1 Å². The number of rotatable bonds is 3. The predicted molar refractivity (Wildman–Crippen MR) is 140 cm³/mol. The second-order valence-electron chi connectivity index (χ2n) is 9.87. The number of hydrogen-bond acceptors (Lipinski definition) is 3. The second kappa shape index (κ2) is 20.8. The first-order valence-corrected chi connectivity index (χ1v) is 12.9. The molecule has 184 valence electrons. The van der Waals surface area contributed by atoms with Crippen LogP contribution in [0.3, 0.4) is 0 Å². The predicted octanol–water partition coefficient (Wildman–Crippen LogP) is 6.88. The van der Waals surface area contributed by atoms with E-state index in [4.69, 9.17) is 0 Å². The molecule has 0 N–H and O–H groups in total. The van der Waals surface area contributed by atoms with E-state index >= 15 is 0 Å². The van der Waals surface area contributed by atoms with Crippen molar-refractivity contribution < 1.29 is 0 Å². The largest absolute Gasteiger partial charge is 0.306 e. The van der Waals surface area contributed by atoms with Gasteiger partial charge in [-0.1, -0.05) is 67.7 Å². The van der Waals surface area contributed by atoms with Gasteiger partial charge < -0.3 is 14.7 Å². The summed E-state index contributed by atoms with van der Waals surface area (Å²) < 4.78 is 0. The van der Waals surface area contributed by atoms with E-state index in [0.717, 1.165) is 17.8 Å².